The van der Waals surface area contributed by atoms with Gasteiger partial charge in [-0.25, -0.2) is 0 Å². The number of rotatable bonds is 5. The molecule has 25 heavy (non-hydrogen) atoms. The zero-order chi connectivity index (χ0) is 17.8. The Balaban J connectivity index is 2.13. The van der Waals surface area contributed by atoms with Gasteiger partial charge >= 0.3 is 0 Å². The molecule has 0 aliphatic heterocycles. The van der Waals surface area contributed by atoms with Crippen molar-refractivity contribution in [1.82, 2.24) is 4.98 Å². The lowest BCUT2D eigenvalue weighted by Gasteiger charge is -2.14. The predicted octanol–water partition coefficient (Wildman–Crippen LogP) is 4.43. The fourth-order valence-electron chi connectivity index (χ4n) is 2.74. The molecule has 126 valence electrons. The molecule has 2 aromatic carbocycles. The highest BCUT2D eigenvalue weighted by atomic mass is 16.5. The third-order valence-corrected chi connectivity index (χ3v) is 4.11. The molecule has 0 fully saturated rings. The molecule has 0 spiro atoms. The molecule has 0 atom stereocenters. The van der Waals surface area contributed by atoms with Crippen LogP contribution in [0.3, 0.4) is 0 Å². The van der Waals surface area contributed by atoms with Gasteiger partial charge in [-0.15, -0.1) is 0 Å². The van der Waals surface area contributed by atoms with Crippen molar-refractivity contribution in [2.45, 2.75) is 13.3 Å². The number of pyridine rings is 1. The molecule has 3 aromatic rings. The van der Waals surface area contributed by atoms with E-state index in [4.69, 9.17) is 9.47 Å². The summed E-state index contributed by atoms with van der Waals surface area (Å²) in [5.74, 6) is 1.28. The third kappa shape index (κ3) is 3.20. The highest BCUT2D eigenvalue weighted by Crippen LogP contribution is 2.34. The Labute approximate surface area is 146 Å². The number of hydrogen-bond acceptors (Lipinski definition) is 5. The summed E-state index contributed by atoms with van der Waals surface area (Å²) in [6.45, 7) is 2.10. The molecule has 1 N–H and O–H groups in total. The average Bonchev–Trinajstić information content (AvgIpc) is 2.67. The molecular formula is C20H19N3O2. The molecule has 0 aliphatic carbocycles. The van der Waals surface area contributed by atoms with E-state index in [0.717, 1.165) is 28.7 Å². The minimum atomic E-state index is 0.496. The molecule has 0 amide bonds. The Morgan fingerprint density at radius 1 is 1.08 bits per heavy atom. The van der Waals surface area contributed by atoms with E-state index >= 15 is 0 Å². The minimum Gasteiger partial charge on any atom is -0.493 e. The highest BCUT2D eigenvalue weighted by Gasteiger charge is 2.11. The second kappa shape index (κ2) is 7.10. The summed E-state index contributed by atoms with van der Waals surface area (Å²) < 4.78 is 10.6. The van der Waals surface area contributed by atoms with Gasteiger partial charge in [0.25, 0.3) is 0 Å². The van der Waals surface area contributed by atoms with E-state index in [1.807, 2.05) is 24.3 Å². The maximum Gasteiger partial charge on any atom is 0.162 e. The van der Waals surface area contributed by atoms with E-state index in [9.17, 15) is 5.26 Å². The molecule has 5 nitrogen and oxygen atoms in total. The summed E-state index contributed by atoms with van der Waals surface area (Å²) in [5.41, 5.74) is 4.09. The van der Waals surface area contributed by atoms with Gasteiger partial charge < -0.3 is 14.8 Å². The van der Waals surface area contributed by atoms with E-state index in [0.29, 0.717) is 17.1 Å². The van der Waals surface area contributed by atoms with E-state index in [1.54, 1.807) is 20.4 Å². The number of nitrogens with one attached hydrogen (secondary N) is 1. The summed E-state index contributed by atoms with van der Waals surface area (Å²) in [7, 11) is 3.19. The summed E-state index contributed by atoms with van der Waals surface area (Å²) in [4.78, 5) is 4.38. The number of aromatic nitrogens is 1. The van der Waals surface area contributed by atoms with Gasteiger partial charge in [0.1, 0.15) is 6.07 Å². The molecule has 0 saturated carbocycles. The van der Waals surface area contributed by atoms with E-state index in [1.165, 1.54) is 5.56 Å². The van der Waals surface area contributed by atoms with Crippen LogP contribution in [0.25, 0.3) is 10.9 Å². The first-order valence-corrected chi connectivity index (χ1v) is 8.01. The summed E-state index contributed by atoms with van der Waals surface area (Å²) >= 11 is 0. The first-order valence-electron chi connectivity index (χ1n) is 8.01. The summed E-state index contributed by atoms with van der Waals surface area (Å²) in [6, 6.07) is 13.9. The van der Waals surface area contributed by atoms with E-state index in [2.05, 4.69) is 35.4 Å². The van der Waals surface area contributed by atoms with E-state index in [-0.39, 0.29) is 0 Å². The lowest BCUT2D eigenvalue weighted by Crippen LogP contribution is -1.98. The first kappa shape index (κ1) is 16.6. The third-order valence-electron chi connectivity index (χ3n) is 4.11. The van der Waals surface area contributed by atoms with Crippen molar-refractivity contribution in [3.8, 4) is 17.6 Å². The standard InChI is InChI=1S/C20H19N3O2/c1-4-13-5-7-17-16(9-13)20(14(11-21)12-22-17)23-15-6-8-18(24-2)19(10-15)25-3/h5-10,12H,4H2,1-3H3,(H,22,23). The number of hydrogen-bond donors (Lipinski definition) is 1. The molecule has 0 aliphatic rings. The Morgan fingerprint density at radius 2 is 1.88 bits per heavy atom. The lowest BCUT2D eigenvalue weighted by molar-refractivity contribution is 0.355. The molecule has 0 radical (unpaired) electrons. The van der Waals surface area contributed by atoms with Crippen LogP contribution in [-0.4, -0.2) is 19.2 Å². The smallest absolute Gasteiger partial charge is 0.162 e. The van der Waals surface area contributed by atoms with Crippen LogP contribution in [0.4, 0.5) is 11.4 Å². The van der Waals surface area contributed by atoms with Crippen LogP contribution in [0.15, 0.2) is 42.6 Å². The van der Waals surface area contributed by atoms with E-state index < -0.39 is 0 Å². The fraction of sp³-hybridized carbons (Fsp3) is 0.200. The Morgan fingerprint density at radius 3 is 2.56 bits per heavy atom. The number of methoxy groups -OCH3 is 2. The van der Waals surface area contributed by atoms with Crippen LogP contribution >= 0.6 is 0 Å². The van der Waals surface area contributed by atoms with Crippen LogP contribution < -0.4 is 14.8 Å². The van der Waals surface area contributed by atoms with Crippen molar-refractivity contribution in [3.05, 3.63) is 53.7 Å². The number of benzene rings is 2. The largest absolute Gasteiger partial charge is 0.493 e. The lowest BCUT2D eigenvalue weighted by atomic mass is 10.0. The van der Waals surface area contributed by atoms with Gasteiger partial charge in [-0.05, 0) is 36.2 Å². The van der Waals surface area contributed by atoms with Crippen molar-refractivity contribution in [2.24, 2.45) is 0 Å². The van der Waals surface area contributed by atoms with Crippen molar-refractivity contribution in [3.63, 3.8) is 0 Å². The zero-order valence-electron chi connectivity index (χ0n) is 14.5. The van der Waals surface area contributed by atoms with Crippen molar-refractivity contribution >= 4 is 22.3 Å². The molecule has 1 aromatic heterocycles. The molecule has 1 heterocycles. The molecule has 0 bridgehead atoms. The number of ether oxygens (including phenoxy) is 2. The first-order chi connectivity index (χ1) is 12.2. The maximum atomic E-state index is 9.49. The maximum absolute atomic E-state index is 9.49. The number of nitrogens with zero attached hydrogens (tertiary/aromatic N) is 2. The quantitative estimate of drug-likeness (QED) is 0.748. The van der Waals surface area contributed by atoms with Gasteiger partial charge in [0.05, 0.1) is 31.0 Å². The molecule has 0 unspecified atom stereocenters. The Bertz CT molecular complexity index is 961. The Kier molecular flexibility index (Phi) is 4.71. The minimum absolute atomic E-state index is 0.496. The topological polar surface area (TPSA) is 67.2 Å². The van der Waals surface area contributed by atoms with Crippen LogP contribution in [0, 0.1) is 11.3 Å². The number of anilines is 2. The second-order valence-electron chi connectivity index (χ2n) is 5.56. The number of aryl methyl sites for hydroxylation is 1. The second-order valence-corrected chi connectivity index (χ2v) is 5.56. The Hall–Kier alpha value is -3.26. The molecule has 3 rings (SSSR count). The van der Waals surface area contributed by atoms with Crippen molar-refractivity contribution in [2.75, 3.05) is 19.5 Å². The van der Waals surface area contributed by atoms with Gasteiger partial charge in [-0.3, -0.25) is 4.98 Å². The van der Waals surface area contributed by atoms with Gasteiger partial charge in [0, 0.05) is 23.3 Å². The predicted molar refractivity (Wildman–Crippen MR) is 98.7 cm³/mol. The summed E-state index contributed by atoms with van der Waals surface area (Å²) in [5, 5.41) is 13.8. The molecule has 0 saturated heterocycles. The van der Waals surface area contributed by atoms with Crippen molar-refractivity contribution in [1.29, 1.82) is 5.26 Å². The van der Waals surface area contributed by atoms with Gasteiger partial charge in [-0.2, -0.15) is 5.26 Å². The van der Waals surface area contributed by atoms with Crippen LogP contribution in [0.2, 0.25) is 0 Å². The number of fused-ring (bicyclic) bond motifs is 1. The SMILES string of the molecule is CCc1ccc2ncc(C#N)c(Nc3ccc(OC)c(OC)c3)c2c1. The van der Waals surface area contributed by atoms with Gasteiger partial charge in [0.2, 0.25) is 0 Å². The average molecular weight is 333 g/mol. The molecular weight excluding hydrogens is 314 g/mol. The molecule has 5 heteroatoms. The van der Waals surface area contributed by atoms with Crippen LogP contribution in [0.1, 0.15) is 18.1 Å². The number of nitriles is 1. The van der Waals surface area contributed by atoms with Crippen molar-refractivity contribution < 1.29 is 9.47 Å². The van der Waals surface area contributed by atoms with Crippen LogP contribution in [-0.2, 0) is 6.42 Å². The zero-order valence-corrected chi connectivity index (χ0v) is 14.5. The van der Waals surface area contributed by atoms with Crippen LogP contribution in [0.5, 0.6) is 11.5 Å². The highest BCUT2D eigenvalue weighted by molar-refractivity contribution is 5.96. The van der Waals surface area contributed by atoms with Gasteiger partial charge in [-0.1, -0.05) is 13.0 Å². The summed E-state index contributed by atoms with van der Waals surface area (Å²) in [6.07, 6.45) is 2.51. The van der Waals surface area contributed by atoms with Gasteiger partial charge in [0.15, 0.2) is 11.5 Å². The normalized spacial score (nSPS) is 10.3. The monoisotopic (exact) mass is 333 g/mol. The fourth-order valence-corrected chi connectivity index (χ4v) is 2.74.